The van der Waals surface area contributed by atoms with Gasteiger partial charge in [-0.25, -0.2) is 0 Å². The first-order valence-corrected chi connectivity index (χ1v) is 4.76. The summed E-state index contributed by atoms with van der Waals surface area (Å²) in [7, 11) is 4.21. The van der Waals surface area contributed by atoms with Crippen LogP contribution in [0.3, 0.4) is 0 Å². The Hall–Kier alpha value is -0.610. The Morgan fingerprint density at radius 3 is 2.62 bits per heavy atom. The largest absolute Gasteiger partial charge is 0.386 e. The van der Waals surface area contributed by atoms with Crippen molar-refractivity contribution in [3.05, 3.63) is 0 Å². The molecule has 0 amide bonds. The van der Waals surface area contributed by atoms with Gasteiger partial charge in [0.15, 0.2) is 0 Å². The highest BCUT2D eigenvalue weighted by Gasteiger charge is 2.27. The highest BCUT2D eigenvalue weighted by Crippen LogP contribution is 2.15. The van der Waals surface area contributed by atoms with Crippen LogP contribution in [0.2, 0.25) is 0 Å². The number of amidine groups is 1. The molecule has 1 aliphatic rings. The Morgan fingerprint density at radius 2 is 2.23 bits per heavy atom. The van der Waals surface area contributed by atoms with Crippen LogP contribution in [0.25, 0.3) is 0 Å². The molecule has 0 aromatic rings. The third kappa shape index (κ3) is 2.42. The number of nitrogens with zero attached hydrogens (tertiary/aromatic N) is 2. The predicted molar refractivity (Wildman–Crippen MR) is 55.0 cm³/mol. The first-order valence-electron chi connectivity index (χ1n) is 4.76. The maximum atomic E-state index is 7.36. The zero-order valence-electron chi connectivity index (χ0n) is 8.75. The molecule has 76 valence electrons. The molecule has 4 heteroatoms. The second-order valence-corrected chi connectivity index (χ2v) is 4.03. The van der Waals surface area contributed by atoms with Crippen LogP contribution in [-0.2, 0) is 0 Å². The van der Waals surface area contributed by atoms with Crippen molar-refractivity contribution in [2.45, 2.75) is 25.4 Å². The molecule has 0 aromatic carbocycles. The molecule has 1 rings (SSSR count). The van der Waals surface area contributed by atoms with E-state index < -0.39 is 0 Å². The van der Waals surface area contributed by atoms with Gasteiger partial charge in [-0.3, -0.25) is 10.3 Å². The van der Waals surface area contributed by atoms with E-state index in [1.807, 2.05) is 6.92 Å². The number of rotatable bonds is 3. The summed E-state index contributed by atoms with van der Waals surface area (Å²) in [6.07, 6.45) is 1.19. The Bertz CT molecular complexity index is 190. The minimum Gasteiger partial charge on any atom is -0.386 e. The molecule has 0 radical (unpaired) electrons. The number of likely N-dealkylation sites (N-methyl/N-ethyl adjacent to an activating group) is 1. The molecule has 13 heavy (non-hydrogen) atoms. The van der Waals surface area contributed by atoms with Crippen LogP contribution >= 0.6 is 0 Å². The third-order valence-corrected chi connectivity index (χ3v) is 2.92. The first kappa shape index (κ1) is 10.5. The van der Waals surface area contributed by atoms with Crippen molar-refractivity contribution in [2.24, 2.45) is 5.73 Å². The minimum atomic E-state index is 0.102. The van der Waals surface area contributed by atoms with E-state index in [2.05, 4.69) is 23.9 Å². The van der Waals surface area contributed by atoms with Crippen LogP contribution in [0.5, 0.6) is 0 Å². The van der Waals surface area contributed by atoms with Gasteiger partial charge in [-0.05, 0) is 27.4 Å². The van der Waals surface area contributed by atoms with Gasteiger partial charge >= 0.3 is 0 Å². The van der Waals surface area contributed by atoms with Crippen LogP contribution < -0.4 is 5.73 Å². The van der Waals surface area contributed by atoms with Crippen LogP contribution in [0, 0.1) is 5.41 Å². The molecule has 3 N–H and O–H groups in total. The van der Waals surface area contributed by atoms with E-state index in [0.717, 1.165) is 13.1 Å². The maximum Gasteiger partial charge on any atom is 0.108 e. The predicted octanol–water partition coefficient (Wildman–Crippen LogP) is -0.0532. The van der Waals surface area contributed by atoms with Gasteiger partial charge < -0.3 is 10.6 Å². The number of nitrogens with one attached hydrogen (secondary N) is 1. The lowest BCUT2D eigenvalue weighted by atomic mass is 10.2. The van der Waals surface area contributed by atoms with Gasteiger partial charge in [0.05, 0.1) is 6.04 Å². The fourth-order valence-corrected chi connectivity index (χ4v) is 1.74. The van der Waals surface area contributed by atoms with Gasteiger partial charge in [-0.1, -0.05) is 0 Å². The van der Waals surface area contributed by atoms with E-state index in [1.165, 1.54) is 6.42 Å². The fourth-order valence-electron chi connectivity index (χ4n) is 1.74. The molecule has 0 aromatic heterocycles. The Balaban J connectivity index is 2.45. The van der Waals surface area contributed by atoms with Gasteiger partial charge in [0.2, 0.25) is 0 Å². The number of hydrogen-bond acceptors (Lipinski definition) is 3. The summed E-state index contributed by atoms with van der Waals surface area (Å²) in [5, 5.41) is 7.36. The minimum absolute atomic E-state index is 0.102. The average Bonchev–Trinajstić information content (AvgIpc) is 2.50. The van der Waals surface area contributed by atoms with E-state index in [0.29, 0.717) is 6.04 Å². The van der Waals surface area contributed by atoms with Crippen LogP contribution in [0.15, 0.2) is 0 Å². The molecule has 0 bridgehead atoms. The van der Waals surface area contributed by atoms with Gasteiger partial charge in [0, 0.05) is 19.1 Å². The molecule has 0 aliphatic carbocycles. The standard InChI is InChI=1S/C9H20N4/c1-7(9(10)11)13-5-4-8(6-13)12(2)3/h7-8H,4-6H2,1-3H3,(H3,10,11). The Labute approximate surface area is 80.2 Å². The summed E-state index contributed by atoms with van der Waals surface area (Å²) in [4.78, 5) is 4.51. The zero-order valence-corrected chi connectivity index (χ0v) is 8.75. The second kappa shape index (κ2) is 4.07. The maximum absolute atomic E-state index is 7.36. The average molecular weight is 184 g/mol. The van der Waals surface area contributed by atoms with Crippen molar-refractivity contribution in [3.63, 3.8) is 0 Å². The Morgan fingerprint density at radius 1 is 1.62 bits per heavy atom. The van der Waals surface area contributed by atoms with E-state index in [9.17, 15) is 0 Å². The number of likely N-dealkylation sites (tertiary alicyclic amines) is 1. The highest BCUT2D eigenvalue weighted by atomic mass is 15.3. The van der Waals surface area contributed by atoms with E-state index in [-0.39, 0.29) is 11.9 Å². The van der Waals surface area contributed by atoms with Crippen LogP contribution in [-0.4, -0.2) is 54.9 Å². The summed E-state index contributed by atoms with van der Waals surface area (Å²) in [6, 6.07) is 0.728. The molecule has 1 aliphatic heterocycles. The highest BCUT2D eigenvalue weighted by molar-refractivity contribution is 5.82. The van der Waals surface area contributed by atoms with Crippen molar-refractivity contribution in [1.82, 2.24) is 9.80 Å². The molecule has 4 nitrogen and oxygen atoms in total. The zero-order chi connectivity index (χ0) is 10.0. The third-order valence-electron chi connectivity index (χ3n) is 2.92. The van der Waals surface area contributed by atoms with Crippen molar-refractivity contribution < 1.29 is 0 Å². The SMILES string of the molecule is CC(C(=N)N)N1CCC(N(C)C)C1. The van der Waals surface area contributed by atoms with Crippen molar-refractivity contribution >= 4 is 5.84 Å². The molecule has 1 fully saturated rings. The molecule has 0 saturated carbocycles. The second-order valence-electron chi connectivity index (χ2n) is 4.03. The molecular formula is C9H20N4. The first-order chi connectivity index (χ1) is 6.02. The van der Waals surface area contributed by atoms with E-state index in [4.69, 9.17) is 11.1 Å². The van der Waals surface area contributed by atoms with Crippen molar-refractivity contribution in [2.75, 3.05) is 27.2 Å². The summed E-state index contributed by atoms with van der Waals surface area (Å²) in [5.41, 5.74) is 5.47. The molecule has 2 atom stereocenters. The van der Waals surface area contributed by atoms with Crippen LogP contribution in [0.1, 0.15) is 13.3 Å². The fraction of sp³-hybridized carbons (Fsp3) is 0.889. The molecule has 1 heterocycles. The Kier molecular flexibility index (Phi) is 3.27. The van der Waals surface area contributed by atoms with Gasteiger partial charge in [0.1, 0.15) is 5.84 Å². The molecular weight excluding hydrogens is 164 g/mol. The molecule has 0 spiro atoms. The summed E-state index contributed by atoms with van der Waals surface area (Å²) >= 11 is 0. The van der Waals surface area contributed by atoms with Crippen molar-refractivity contribution in [1.29, 1.82) is 5.41 Å². The number of hydrogen-bond donors (Lipinski definition) is 2. The molecule has 1 saturated heterocycles. The monoisotopic (exact) mass is 184 g/mol. The lowest BCUT2D eigenvalue weighted by Gasteiger charge is -2.24. The van der Waals surface area contributed by atoms with E-state index >= 15 is 0 Å². The summed E-state index contributed by atoms with van der Waals surface area (Å²) in [6.45, 7) is 4.09. The number of nitrogens with two attached hydrogens (primary N) is 1. The lowest BCUT2D eigenvalue weighted by Crippen LogP contribution is -2.42. The quantitative estimate of drug-likeness (QED) is 0.477. The topological polar surface area (TPSA) is 56.4 Å². The normalized spacial score (nSPS) is 26.6. The van der Waals surface area contributed by atoms with Gasteiger partial charge in [-0.2, -0.15) is 0 Å². The van der Waals surface area contributed by atoms with Gasteiger partial charge in [0.25, 0.3) is 0 Å². The van der Waals surface area contributed by atoms with Crippen molar-refractivity contribution in [3.8, 4) is 0 Å². The lowest BCUT2D eigenvalue weighted by molar-refractivity contribution is 0.257. The summed E-state index contributed by atoms with van der Waals surface area (Å²) < 4.78 is 0. The van der Waals surface area contributed by atoms with Crippen LogP contribution in [0.4, 0.5) is 0 Å². The summed E-state index contributed by atoms with van der Waals surface area (Å²) in [5.74, 6) is 0.277. The smallest absolute Gasteiger partial charge is 0.108 e. The van der Waals surface area contributed by atoms with Gasteiger partial charge in [-0.15, -0.1) is 0 Å². The molecule has 2 unspecified atom stereocenters. The van der Waals surface area contributed by atoms with E-state index in [1.54, 1.807) is 0 Å².